The molecule has 8 nitrogen and oxygen atoms in total. The Balaban J connectivity index is 2.28. The Kier molecular flexibility index (Phi) is 7.70. The average molecular weight is 420 g/mol. The zero-order valence-corrected chi connectivity index (χ0v) is 18.4. The first-order chi connectivity index (χ1) is 14.0. The monoisotopic (exact) mass is 419 g/mol. The van der Waals surface area contributed by atoms with Crippen LogP contribution in [-0.4, -0.2) is 52.1 Å². The van der Waals surface area contributed by atoms with E-state index >= 15 is 0 Å². The summed E-state index contributed by atoms with van der Waals surface area (Å²) in [6, 6.07) is 5.23. The lowest BCUT2D eigenvalue weighted by Gasteiger charge is -2.42. The number of hydrogen-bond acceptors (Lipinski definition) is 5. The van der Waals surface area contributed by atoms with Gasteiger partial charge in [0.1, 0.15) is 23.9 Å². The maximum Gasteiger partial charge on any atom is 0.408 e. The third kappa shape index (κ3) is 6.64. The molecule has 3 amide bonds. The standard InChI is InChI=1S/C22H33N3O5/c1-14(2)24-20(28)19(15-8-6-11-17(26)12-15)25(16-9-7-10-16)18(27)13-23-21(29)30-22(3,4)5/h6,8,11-12,14,16,19,26H,7,9-10,13H2,1-5H3,(H,23,29)(H,24,28). The van der Waals surface area contributed by atoms with Crippen LogP contribution in [0.2, 0.25) is 0 Å². The van der Waals surface area contributed by atoms with Gasteiger partial charge in [-0.25, -0.2) is 4.79 Å². The molecular weight excluding hydrogens is 386 g/mol. The summed E-state index contributed by atoms with van der Waals surface area (Å²) in [6.45, 7) is 8.62. The number of hydrogen-bond donors (Lipinski definition) is 3. The predicted octanol–water partition coefficient (Wildman–Crippen LogP) is 2.86. The molecule has 3 N–H and O–H groups in total. The number of phenols is 1. The van der Waals surface area contributed by atoms with Gasteiger partial charge in [-0.2, -0.15) is 0 Å². The van der Waals surface area contributed by atoms with Crippen molar-refractivity contribution in [3.8, 4) is 5.75 Å². The average Bonchev–Trinajstić information content (AvgIpc) is 2.55. The first-order valence-corrected chi connectivity index (χ1v) is 10.3. The molecule has 1 fully saturated rings. The van der Waals surface area contributed by atoms with Gasteiger partial charge >= 0.3 is 6.09 Å². The van der Waals surface area contributed by atoms with Gasteiger partial charge < -0.3 is 25.4 Å². The van der Waals surface area contributed by atoms with Gasteiger partial charge in [-0.05, 0) is 71.6 Å². The minimum absolute atomic E-state index is 0.0164. The first kappa shape index (κ1) is 23.5. The summed E-state index contributed by atoms with van der Waals surface area (Å²) < 4.78 is 5.20. The van der Waals surface area contributed by atoms with Crippen LogP contribution < -0.4 is 10.6 Å². The van der Waals surface area contributed by atoms with Crippen molar-refractivity contribution in [3.63, 3.8) is 0 Å². The van der Waals surface area contributed by atoms with Crippen LogP contribution in [0.25, 0.3) is 0 Å². The van der Waals surface area contributed by atoms with E-state index in [1.54, 1.807) is 32.9 Å². The lowest BCUT2D eigenvalue weighted by Crippen LogP contribution is -2.54. The maximum absolute atomic E-state index is 13.2. The van der Waals surface area contributed by atoms with Crippen molar-refractivity contribution in [2.24, 2.45) is 0 Å². The van der Waals surface area contributed by atoms with Gasteiger partial charge in [0.25, 0.3) is 0 Å². The van der Waals surface area contributed by atoms with Crippen molar-refractivity contribution < 1.29 is 24.2 Å². The van der Waals surface area contributed by atoms with Crippen LogP contribution in [0.15, 0.2) is 24.3 Å². The van der Waals surface area contributed by atoms with E-state index in [9.17, 15) is 19.5 Å². The minimum atomic E-state index is -0.905. The summed E-state index contributed by atoms with van der Waals surface area (Å²) >= 11 is 0. The molecule has 8 heteroatoms. The Morgan fingerprint density at radius 2 is 1.90 bits per heavy atom. The maximum atomic E-state index is 13.2. The molecule has 1 aromatic rings. The number of carbonyl (C=O) groups is 3. The largest absolute Gasteiger partial charge is 0.508 e. The topological polar surface area (TPSA) is 108 Å². The van der Waals surface area contributed by atoms with Crippen molar-refractivity contribution >= 4 is 17.9 Å². The fraction of sp³-hybridized carbons (Fsp3) is 0.591. The molecule has 1 atom stereocenters. The number of nitrogens with one attached hydrogen (secondary N) is 2. The number of carbonyl (C=O) groups excluding carboxylic acids is 3. The molecule has 0 saturated heterocycles. The first-order valence-electron chi connectivity index (χ1n) is 10.3. The Bertz CT molecular complexity index is 768. The summed E-state index contributed by atoms with van der Waals surface area (Å²) in [6.07, 6.45) is 1.84. The molecule has 1 unspecified atom stereocenters. The molecule has 0 radical (unpaired) electrons. The van der Waals surface area contributed by atoms with E-state index in [2.05, 4.69) is 10.6 Å². The number of benzene rings is 1. The number of amides is 3. The lowest BCUT2D eigenvalue weighted by atomic mass is 9.88. The highest BCUT2D eigenvalue weighted by molar-refractivity contribution is 5.91. The number of ether oxygens (including phenoxy) is 1. The highest BCUT2D eigenvalue weighted by Gasteiger charge is 2.39. The van der Waals surface area contributed by atoms with E-state index in [1.165, 1.54) is 17.0 Å². The van der Waals surface area contributed by atoms with E-state index < -0.39 is 17.7 Å². The molecule has 0 aliphatic heterocycles. The van der Waals surface area contributed by atoms with Crippen LogP contribution >= 0.6 is 0 Å². The van der Waals surface area contributed by atoms with Gasteiger partial charge in [-0.3, -0.25) is 9.59 Å². The van der Waals surface area contributed by atoms with E-state index in [1.807, 2.05) is 13.8 Å². The zero-order valence-electron chi connectivity index (χ0n) is 18.4. The third-order valence-electron chi connectivity index (χ3n) is 4.68. The Morgan fingerprint density at radius 1 is 1.23 bits per heavy atom. The highest BCUT2D eigenvalue weighted by atomic mass is 16.6. The molecule has 1 aliphatic rings. The van der Waals surface area contributed by atoms with Crippen LogP contribution in [0.5, 0.6) is 5.75 Å². The van der Waals surface area contributed by atoms with E-state index in [0.29, 0.717) is 5.56 Å². The number of rotatable bonds is 7. The van der Waals surface area contributed by atoms with Gasteiger partial charge in [-0.1, -0.05) is 12.1 Å². The van der Waals surface area contributed by atoms with Gasteiger partial charge in [0.15, 0.2) is 0 Å². The fourth-order valence-electron chi connectivity index (χ4n) is 3.27. The van der Waals surface area contributed by atoms with Crippen LogP contribution in [0.3, 0.4) is 0 Å². The van der Waals surface area contributed by atoms with Gasteiger partial charge in [-0.15, -0.1) is 0 Å². The van der Waals surface area contributed by atoms with Gasteiger partial charge in [0.2, 0.25) is 11.8 Å². The Labute approximate surface area is 178 Å². The van der Waals surface area contributed by atoms with Crippen molar-refractivity contribution in [2.75, 3.05) is 6.54 Å². The summed E-state index contributed by atoms with van der Waals surface area (Å²) in [5.41, 5.74) is -0.159. The minimum Gasteiger partial charge on any atom is -0.508 e. The molecule has 0 aromatic heterocycles. The molecule has 1 aromatic carbocycles. The van der Waals surface area contributed by atoms with Crippen molar-refractivity contribution in [1.29, 1.82) is 0 Å². The molecule has 2 rings (SSSR count). The molecule has 30 heavy (non-hydrogen) atoms. The smallest absolute Gasteiger partial charge is 0.408 e. The van der Waals surface area contributed by atoms with Crippen molar-refractivity contribution in [2.45, 2.75) is 77.6 Å². The van der Waals surface area contributed by atoms with Crippen LogP contribution in [0.4, 0.5) is 4.79 Å². The number of phenolic OH excluding ortho intramolecular Hbond substituents is 1. The van der Waals surface area contributed by atoms with Crippen molar-refractivity contribution in [3.05, 3.63) is 29.8 Å². The summed E-state index contributed by atoms with van der Waals surface area (Å²) in [5.74, 6) is -0.686. The lowest BCUT2D eigenvalue weighted by molar-refractivity contribution is -0.145. The van der Waals surface area contributed by atoms with Crippen LogP contribution in [0.1, 0.15) is 65.5 Å². The zero-order chi connectivity index (χ0) is 22.5. The number of nitrogens with zero attached hydrogens (tertiary/aromatic N) is 1. The van der Waals surface area contributed by atoms with Gasteiger partial charge in [0.05, 0.1) is 0 Å². The van der Waals surface area contributed by atoms with E-state index in [0.717, 1.165) is 19.3 Å². The molecule has 166 valence electrons. The summed E-state index contributed by atoms with van der Waals surface area (Å²) in [4.78, 5) is 39.8. The molecule has 0 heterocycles. The Hall–Kier alpha value is -2.77. The van der Waals surface area contributed by atoms with E-state index in [-0.39, 0.29) is 36.2 Å². The SMILES string of the molecule is CC(C)NC(=O)C(c1cccc(O)c1)N(C(=O)CNC(=O)OC(C)(C)C)C1CCC1. The van der Waals surface area contributed by atoms with Crippen molar-refractivity contribution in [1.82, 2.24) is 15.5 Å². The fourth-order valence-corrected chi connectivity index (χ4v) is 3.27. The third-order valence-corrected chi connectivity index (χ3v) is 4.68. The normalized spacial score (nSPS) is 15.1. The van der Waals surface area contributed by atoms with Crippen LogP contribution in [-0.2, 0) is 14.3 Å². The van der Waals surface area contributed by atoms with E-state index in [4.69, 9.17) is 4.74 Å². The number of alkyl carbamates (subject to hydrolysis) is 1. The summed E-state index contributed by atoms with van der Waals surface area (Å²) in [5, 5.41) is 15.3. The molecule has 1 aliphatic carbocycles. The Morgan fingerprint density at radius 3 is 2.40 bits per heavy atom. The second-order valence-corrected chi connectivity index (χ2v) is 8.90. The highest BCUT2D eigenvalue weighted by Crippen LogP contribution is 2.34. The second-order valence-electron chi connectivity index (χ2n) is 8.90. The molecule has 0 spiro atoms. The molecule has 1 saturated carbocycles. The predicted molar refractivity (Wildman–Crippen MR) is 113 cm³/mol. The van der Waals surface area contributed by atoms with Gasteiger partial charge in [0, 0.05) is 12.1 Å². The number of aromatic hydroxyl groups is 1. The summed E-state index contributed by atoms with van der Waals surface area (Å²) in [7, 11) is 0. The van der Waals surface area contributed by atoms with Crippen LogP contribution in [0, 0.1) is 0 Å². The molecule has 0 bridgehead atoms. The molecular formula is C22H33N3O5. The second kappa shape index (κ2) is 9.82. The quantitative estimate of drug-likeness (QED) is 0.630.